The predicted octanol–water partition coefficient (Wildman–Crippen LogP) is 2.00. The van der Waals surface area contributed by atoms with Crippen LogP contribution in [0.2, 0.25) is 0 Å². The molecule has 5 fully saturated rings. The smallest absolute Gasteiger partial charge is 0.252 e. The molecule has 204 valence electrons. The fourth-order valence-electron chi connectivity index (χ4n) is 7.71. The van der Waals surface area contributed by atoms with Gasteiger partial charge in [-0.15, -0.1) is 0 Å². The Labute approximate surface area is 215 Å². The zero-order chi connectivity index (χ0) is 25.4. The molecule has 5 atom stereocenters. The number of hydrogen-bond acceptors (Lipinski definition) is 6. The van der Waals surface area contributed by atoms with Gasteiger partial charge in [0.25, 0.3) is 5.91 Å². The summed E-state index contributed by atoms with van der Waals surface area (Å²) < 4.78 is 39.0. The summed E-state index contributed by atoms with van der Waals surface area (Å²) in [6.45, 7) is 6.81. The standard InChI is InChI=1S/C26H43N3O6S/c1-18-17-28(26(31)25-4-3-13-35-25)24-16-21(7-10-23(24)29(18)19(2)30)20-5-8-22(9-6-20)36(32,33)27-11-14-34-15-12-27/h18,20-25H,3-17H2,1-2H3/t18-,20?,21?,22?,23?,24?,25?/m0/s1. The molecule has 0 aromatic carbocycles. The summed E-state index contributed by atoms with van der Waals surface area (Å²) in [5.41, 5.74) is 0. The summed E-state index contributed by atoms with van der Waals surface area (Å²) in [4.78, 5) is 30.1. The van der Waals surface area contributed by atoms with Crippen LogP contribution < -0.4 is 0 Å². The highest BCUT2D eigenvalue weighted by Gasteiger charge is 2.49. The lowest BCUT2D eigenvalue weighted by molar-refractivity contribution is -0.160. The van der Waals surface area contributed by atoms with Crippen molar-refractivity contribution in [2.24, 2.45) is 11.8 Å². The molecule has 3 saturated heterocycles. The number of hydrogen-bond donors (Lipinski definition) is 0. The quantitative estimate of drug-likeness (QED) is 0.557. The molecule has 5 aliphatic rings. The van der Waals surface area contributed by atoms with Crippen LogP contribution in [0.4, 0.5) is 0 Å². The first kappa shape index (κ1) is 26.4. The Morgan fingerprint density at radius 3 is 2.19 bits per heavy atom. The molecular weight excluding hydrogens is 482 g/mol. The van der Waals surface area contributed by atoms with Gasteiger partial charge >= 0.3 is 0 Å². The Kier molecular flexibility index (Phi) is 7.96. The number of morpholine rings is 1. The van der Waals surface area contributed by atoms with Crippen molar-refractivity contribution < 1.29 is 27.5 Å². The molecule has 9 nitrogen and oxygen atoms in total. The van der Waals surface area contributed by atoms with Crippen LogP contribution in [0.3, 0.4) is 0 Å². The van der Waals surface area contributed by atoms with Crippen LogP contribution in [-0.4, -0.2) is 103 Å². The lowest BCUT2D eigenvalue weighted by Crippen LogP contribution is -2.68. The van der Waals surface area contributed by atoms with E-state index in [1.165, 1.54) is 0 Å². The van der Waals surface area contributed by atoms with Gasteiger partial charge in [-0.3, -0.25) is 9.59 Å². The number of carbonyl (C=O) groups excluding carboxylic acids is 2. The Morgan fingerprint density at radius 1 is 0.861 bits per heavy atom. The molecule has 3 aliphatic heterocycles. The molecular formula is C26H43N3O6S. The third-order valence-corrected chi connectivity index (χ3v) is 11.9. The third kappa shape index (κ3) is 5.07. The number of sulfonamides is 1. The highest BCUT2D eigenvalue weighted by molar-refractivity contribution is 7.89. The lowest BCUT2D eigenvalue weighted by Gasteiger charge is -2.55. The first-order chi connectivity index (χ1) is 17.3. The van der Waals surface area contributed by atoms with E-state index in [0.29, 0.717) is 64.1 Å². The third-order valence-electron chi connectivity index (χ3n) is 9.50. The van der Waals surface area contributed by atoms with Crippen molar-refractivity contribution in [2.75, 3.05) is 39.5 Å². The summed E-state index contributed by atoms with van der Waals surface area (Å²) in [5, 5.41) is -0.287. The fraction of sp³-hybridized carbons (Fsp3) is 0.923. The second-order valence-corrected chi connectivity index (χ2v) is 13.8. The van der Waals surface area contributed by atoms with Crippen LogP contribution in [0.25, 0.3) is 0 Å². The van der Waals surface area contributed by atoms with Gasteiger partial charge in [-0.05, 0) is 76.5 Å². The molecule has 0 bridgehead atoms. The second-order valence-electron chi connectivity index (χ2n) is 11.6. The number of piperazine rings is 1. The van der Waals surface area contributed by atoms with Crippen LogP contribution in [0, 0.1) is 11.8 Å². The summed E-state index contributed by atoms with van der Waals surface area (Å²) in [6.07, 6.45) is 7.45. The molecule has 5 rings (SSSR count). The summed E-state index contributed by atoms with van der Waals surface area (Å²) in [7, 11) is -3.27. The van der Waals surface area contributed by atoms with E-state index >= 15 is 0 Å². The zero-order valence-corrected chi connectivity index (χ0v) is 22.7. The Bertz CT molecular complexity index is 909. The molecule has 2 aliphatic carbocycles. The second kappa shape index (κ2) is 10.9. The van der Waals surface area contributed by atoms with Gasteiger partial charge in [0.15, 0.2) is 0 Å². The topological polar surface area (TPSA) is 96.5 Å². The number of ether oxygens (including phenoxy) is 2. The largest absolute Gasteiger partial charge is 0.379 e. The van der Waals surface area contributed by atoms with E-state index in [4.69, 9.17) is 9.47 Å². The minimum atomic E-state index is -3.27. The van der Waals surface area contributed by atoms with Crippen LogP contribution in [0.15, 0.2) is 0 Å². The molecule has 0 aromatic rings. The van der Waals surface area contributed by atoms with Crippen molar-refractivity contribution in [2.45, 2.75) is 101 Å². The average molecular weight is 526 g/mol. The lowest BCUT2D eigenvalue weighted by atomic mass is 9.69. The van der Waals surface area contributed by atoms with E-state index in [1.54, 1.807) is 11.2 Å². The van der Waals surface area contributed by atoms with Gasteiger partial charge < -0.3 is 19.3 Å². The van der Waals surface area contributed by atoms with E-state index < -0.39 is 10.0 Å². The maximum atomic E-state index is 13.5. The summed E-state index contributed by atoms with van der Waals surface area (Å²) >= 11 is 0. The first-order valence-corrected chi connectivity index (χ1v) is 15.6. The van der Waals surface area contributed by atoms with Crippen molar-refractivity contribution in [3.63, 3.8) is 0 Å². The number of amides is 2. The van der Waals surface area contributed by atoms with E-state index in [9.17, 15) is 18.0 Å². The molecule has 10 heteroatoms. The molecule has 36 heavy (non-hydrogen) atoms. The zero-order valence-electron chi connectivity index (χ0n) is 21.8. The molecule has 4 unspecified atom stereocenters. The van der Waals surface area contributed by atoms with E-state index in [-0.39, 0.29) is 41.3 Å². The van der Waals surface area contributed by atoms with Gasteiger partial charge in [-0.25, -0.2) is 8.42 Å². The van der Waals surface area contributed by atoms with Crippen molar-refractivity contribution in [1.29, 1.82) is 0 Å². The Morgan fingerprint density at radius 2 is 1.56 bits per heavy atom. The maximum Gasteiger partial charge on any atom is 0.252 e. The van der Waals surface area contributed by atoms with E-state index in [1.807, 2.05) is 9.80 Å². The van der Waals surface area contributed by atoms with Gasteiger partial charge in [0.2, 0.25) is 15.9 Å². The molecule has 2 amide bonds. The van der Waals surface area contributed by atoms with Gasteiger partial charge in [0.05, 0.1) is 30.5 Å². The number of rotatable bonds is 4. The Hall–Kier alpha value is -1.23. The van der Waals surface area contributed by atoms with Gasteiger partial charge in [-0.1, -0.05) is 0 Å². The van der Waals surface area contributed by atoms with Crippen molar-refractivity contribution in [3.8, 4) is 0 Å². The first-order valence-electron chi connectivity index (χ1n) is 14.0. The number of carbonyl (C=O) groups is 2. The minimum absolute atomic E-state index is 0.00601. The minimum Gasteiger partial charge on any atom is -0.379 e. The van der Waals surface area contributed by atoms with Gasteiger partial charge in [0, 0.05) is 39.2 Å². The fourth-order valence-corrected chi connectivity index (χ4v) is 9.66. The SMILES string of the molecule is CC(=O)N1C2CCC(C3CCC(S(=O)(=O)N4CCOCC4)CC3)CC2N(C(=O)C2CCCO2)C[C@@H]1C. The molecule has 0 aromatic heterocycles. The summed E-state index contributed by atoms with van der Waals surface area (Å²) in [5.74, 6) is 1.12. The highest BCUT2D eigenvalue weighted by Crippen LogP contribution is 2.44. The number of nitrogens with zero attached hydrogens (tertiary/aromatic N) is 3. The Balaban J connectivity index is 1.26. The van der Waals surface area contributed by atoms with E-state index in [2.05, 4.69) is 6.92 Å². The average Bonchev–Trinajstić information content (AvgIpc) is 3.43. The molecule has 0 radical (unpaired) electrons. The molecule has 0 spiro atoms. The van der Waals surface area contributed by atoms with E-state index in [0.717, 1.165) is 44.9 Å². The normalized spacial score (nSPS) is 38.6. The van der Waals surface area contributed by atoms with Crippen LogP contribution in [0.1, 0.15) is 71.6 Å². The van der Waals surface area contributed by atoms with Gasteiger partial charge in [0.1, 0.15) is 6.10 Å². The van der Waals surface area contributed by atoms with Crippen LogP contribution in [-0.2, 0) is 29.1 Å². The number of fused-ring (bicyclic) bond motifs is 1. The van der Waals surface area contributed by atoms with Crippen LogP contribution >= 0.6 is 0 Å². The highest BCUT2D eigenvalue weighted by atomic mass is 32.2. The van der Waals surface area contributed by atoms with Crippen LogP contribution in [0.5, 0.6) is 0 Å². The molecule has 0 N–H and O–H groups in total. The van der Waals surface area contributed by atoms with Crippen molar-refractivity contribution in [1.82, 2.24) is 14.1 Å². The monoisotopic (exact) mass is 525 g/mol. The van der Waals surface area contributed by atoms with Crippen molar-refractivity contribution in [3.05, 3.63) is 0 Å². The molecule has 3 heterocycles. The van der Waals surface area contributed by atoms with Gasteiger partial charge in [-0.2, -0.15) is 4.31 Å². The maximum absolute atomic E-state index is 13.5. The molecule has 2 saturated carbocycles. The predicted molar refractivity (Wildman–Crippen MR) is 135 cm³/mol. The summed E-state index contributed by atoms with van der Waals surface area (Å²) in [6, 6.07) is 0.0905. The van der Waals surface area contributed by atoms with Crippen molar-refractivity contribution >= 4 is 21.8 Å².